The highest BCUT2D eigenvalue weighted by Crippen LogP contribution is 2.29. The molecule has 3 rings (SSSR count). The number of hydrogen-bond donors (Lipinski definition) is 0. The van der Waals surface area contributed by atoms with Crippen molar-refractivity contribution in [3.63, 3.8) is 0 Å². The van der Waals surface area contributed by atoms with Gasteiger partial charge in [0.2, 0.25) is 0 Å². The molecule has 2 aromatic carbocycles. The van der Waals surface area contributed by atoms with Crippen molar-refractivity contribution in [3.8, 4) is 5.75 Å². The topological polar surface area (TPSA) is 72.7 Å². The zero-order valence-corrected chi connectivity index (χ0v) is 16.6. The third kappa shape index (κ3) is 5.67. The molecular weight excluding hydrogens is 399 g/mol. The first-order chi connectivity index (χ1) is 13.9. The average molecular weight is 421 g/mol. The monoisotopic (exact) mass is 420 g/mol. The highest BCUT2D eigenvalue weighted by atomic mass is 35.5. The van der Waals surface area contributed by atoms with Gasteiger partial charge < -0.3 is 9.64 Å². The van der Waals surface area contributed by atoms with Crippen molar-refractivity contribution in [2.24, 2.45) is 0 Å². The molecule has 0 spiro atoms. The van der Waals surface area contributed by atoms with Crippen LogP contribution in [0.25, 0.3) is 0 Å². The molecule has 8 heteroatoms. The maximum atomic E-state index is 13.2. The van der Waals surface area contributed by atoms with Crippen LogP contribution in [0.2, 0.25) is 5.02 Å². The highest BCUT2D eigenvalue weighted by molar-refractivity contribution is 6.32. The van der Waals surface area contributed by atoms with E-state index >= 15 is 0 Å². The number of amides is 1. The summed E-state index contributed by atoms with van der Waals surface area (Å²) >= 11 is 6.04. The highest BCUT2D eigenvalue weighted by Gasteiger charge is 2.26. The molecule has 0 N–H and O–H groups in total. The second-order valence-electron chi connectivity index (χ2n) is 7.10. The number of rotatable bonds is 7. The molecule has 0 saturated heterocycles. The summed E-state index contributed by atoms with van der Waals surface area (Å²) in [6, 6.07) is 10.1. The van der Waals surface area contributed by atoms with Gasteiger partial charge in [0.15, 0.2) is 6.61 Å². The lowest BCUT2D eigenvalue weighted by atomic mass is 9.93. The summed E-state index contributed by atoms with van der Waals surface area (Å²) in [6.07, 6.45) is 5.13. The lowest BCUT2D eigenvalue weighted by Crippen LogP contribution is -2.43. The van der Waals surface area contributed by atoms with Gasteiger partial charge in [-0.15, -0.1) is 0 Å². The SMILES string of the molecule is O=C(COc1ccc([N+](=O)[O-])cc1Cl)N(Cc1ccc(F)cc1)C1CCCCC1. The Kier molecular flexibility index (Phi) is 7.04. The molecule has 1 fully saturated rings. The number of nitro groups is 1. The minimum absolute atomic E-state index is 0.0785. The third-order valence-electron chi connectivity index (χ3n) is 5.08. The van der Waals surface area contributed by atoms with E-state index in [2.05, 4.69) is 0 Å². The lowest BCUT2D eigenvalue weighted by Gasteiger charge is -2.34. The molecular formula is C21H22ClFN2O4. The summed E-state index contributed by atoms with van der Waals surface area (Å²) in [5.74, 6) is -0.299. The fourth-order valence-electron chi connectivity index (χ4n) is 3.54. The van der Waals surface area contributed by atoms with E-state index in [9.17, 15) is 19.3 Å². The molecule has 29 heavy (non-hydrogen) atoms. The number of nitro benzene ring substituents is 1. The second-order valence-corrected chi connectivity index (χ2v) is 7.51. The van der Waals surface area contributed by atoms with Gasteiger partial charge in [0.1, 0.15) is 11.6 Å². The van der Waals surface area contributed by atoms with Crippen molar-refractivity contribution in [1.29, 1.82) is 0 Å². The van der Waals surface area contributed by atoms with Crippen molar-refractivity contribution < 1.29 is 18.8 Å². The van der Waals surface area contributed by atoms with Gasteiger partial charge >= 0.3 is 0 Å². The number of nitrogens with zero attached hydrogens (tertiary/aromatic N) is 2. The van der Waals surface area contributed by atoms with Crippen LogP contribution in [0, 0.1) is 15.9 Å². The first-order valence-electron chi connectivity index (χ1n) is 9.54. The summed E-state index contributed by atoms with van der Waals surface area (Å²) in [6.45, 7) is 0.149. The molecule has 0 heterocycles. The summed E-state index contributed by atoms with van der Waals surface area (Å²) in [4.78, 5) is 25.0. The van der Waals surface area contributed by atoms with Crippen molar-refractivity contribution in [2.45, 2.75) is 44.7 Å². The Morgan fingerprint density at radius 3 is 2.48 bits per heavy atom. The van der Waals surface area contributed by atoms with E-state index in [0.717, 1.165) is 37.7 Å². The Hall–Kier alpha value is -2.67. The van der Waals surface area contributed by atoms with E-state index < -0.39 is 4.92 Å². The van der Waals surface area contributed by atoms with Gasteiger partial charge in [-0.25, -0.2) is 4.39 Å². The molecule has 1 aliphatic carbocycles. The molecule has 1 amide bonds. The number of non-ortho nitro benzene ring substituents is 1. The number of hydrogen-bond acceptors (Lipinski definition) is 4. The fraction of sp³-hybridized carbons (Fsp3) is 0.381. The molecule has 0 aliphatic heterocycles. The standard InChI is InChI=1S/C21H22ClFN2O4/c22-19-12-18(25(27)28)10-11-20(19)29-14-21(26)24(17-4-2-1-3-5-17)13-15-6-8-16(23)9-7-15/h6-12,17H,1-5,13-14H2. The van der Waals surface area contributed by atoms with E-state index in [4.69, 9.17) is 16.3 Å². The Balaban J connectivity index is 1.70. The van der Waals surface area contributed by atoms with Crippen LogP contribution >= 0.6 is 11.6 Å². The summed E-state index contributed by atoms with van der Waals surface area (Å²) in [7, 11) is 0. The van der Waals surface area contributed by atoms with Crippen LogP contribution < -0.4 is 4.74 Å². The van der Waals surface area contributed by atoms with Crippen LogP contribution in [0.4, 0.5) is 10.1 Å². The first kappa shape index (κ1) is 21.0. The van der Waals surface area contributed by atoms with E-state index in [1.165, 1.54) is 30.3 Å². The number of halogens is 2. The van der Waals surface area contributed by atoms with Gasteiger partial charge in [-0.2, -0.15) is 0 Å². The summed E-state index contributed by atoms with van der Waals surface area (Å²) in [5.41, 5.74) is 0.701. The molecule has 1 aliphatic rings. The molecule has 0 atom stereocenters. The average Bonchev–Trinajstić information content (AvgIpc) is 2.72. The second kappa shape index (κ2) is 9.69. The quantitative estimate of drug-likeness (QED) is 0.460. The van der Waals surface area contributed by atoms with Crippen LogP contribution in [0.15, 0.2) is 42.5 Å². The van der Waals surface area contributed by atoms with Crippen molar-refractivity contribution in [3.05, 3.63) is 69.0 Å². The van der Waals surface area contributed by atoms with Gasteiger partial charge in [0.05, 0.1) is 9.95 Å². The van der Waals surface area contributed by atoms with Gasteiger partial charge in [0.25, 0.3) is 11.6 Å². The smallest absolute Gasteiger partial charge is 0.271 e. The van der Waals surface area contributed by atoms with E-state index in [-0.39, 0.29) is 40.8 Å². The Bertz CT molecular complexity index is 869. The zero-order valence-electron chi connectivity index (χ0n) is 15.9. The normalized spacial score (nSPS) is 14.4. The number of carbonyl (C=O) groups is 1. The summed E-state index contributed by atoms with van der Waals surface area (Å²) < 4.78 is 18.8. The third-order valence-corrected chi connectivity index (χ3v) is 5.37. The maximum Gasteiger partial charge on any atom is 0.271 e. The largest absolute Gasteiger partial charge is 0.482 e. The van der Waals surface area contributed by atoms with Crippen LogP contribution in [0.3, 0.4) is 0 Å². The van der Waals surface area contributed by atoms with Gasteiger partial charge in [-0.3, -0.25) is 14.9 Å². The minimum Gasteiger partial charge on any atom is -0.482 e. The van der Waals surface area contributed by atoms with Crippen LogP contribution in [0.5, 0.6) is 5.75 Å². The minimum atomic E-state index is -0.547. The molecule has 0 radical (unpaired) electrons. The van der Waals surface area contributed by atoms with E-state index in [1.54, 1.807) is 17.0 Å². The zero-order chi connectivity index (χ0) is 20.8. The Labute approximate surface area is 173 Å². The van der Waals surface area contributed by atoms with Gasteiger partial charge in [0, 0.05) is 24.7 Å². The predicted molar refractivity (Wildman–Crippen MR) is 107 cm³/mol. The Morgan fingerprint density at radius 2 is 1.86 bits per heavy atom. The van der Waals surface area contributed by atoms with Gasteiger partial charge in [-0.1, -0.05) is 43.0 Å². The van der Waals surface area contributed by atoms with E-state index in [0.29, 0.717) is 6.54 Å². The predicted octanol–water partition coefficient (Wildman–Crippen LogP) is 5.13. The Morgan fingerprint density at radius 1 is 1.17 bits per heavy atom. The van der Waals surface area contributed by atoms with Crippen LogP contribution in [-0.2, 0) is 11.3 Å². The molecule has 0 unspecified atom stereocenters. The van der Waals surface area contributed by atoms with Crippen LogP contribution in [0.1, 0.15) is 37.7 Å². The molecule has 0 aromatic heterocycles. The molecule has 2 aromatic rings. The molecule has 6 nitrogen and oxygen atoms in total. The lowest BCUT2D eigenvalue weighted by molar-refractivity contribution is -0.384. The maximum absolute atomic E-state index is 13.2. The summed E-state index contributed by atoms with van der Waals surface area (Å²) in [5, 5.41) is 10.9. The fourth-order valence-corrected chi connectivity index (χ4v) is 3.77. The first-order valence-corrected chi connectivity index (χ1v) is 9.92. The van der Waals surface area contributed by atoms with E-state index in [1.807, 2.05) is 0 Å². The number of ether oxygens (including phenoxy) is 1. The van der Waals surface area contributed by atoms with Crippen molar-refractivity contribution >= 4 is 23.2 Å². The molecule has 0 bridgehead atoms. The van der Waals surface area contributed by atoms with Crippen molar-refractivity contribution in [2.75, 3.05) is 6.61 Å². The molecule has 154 valence electrons. The molecule has 1 saturated carbocycles. The van der Waals surface area contributed by atoms with Crippen LogP contribution in [-0.4, -0.2) is 28.4 Å². The number of benzene rings is 2. The van der Waals surface area contributed by atoms with Gasteiger partial charge in [-0.05, 0) is 36.6 Å². The van der Waals surface area contributed by atoms with Crippen molar-refractivity contribution in [1.82, 2.24) is 4.90 Å². The number of carbonyl (C=O) groups excluding carboxylic acids is 1.